The van der Waals surface area contributed by atoms with Crippen molar-refractivity contribution in [1.82, 2.24) is 4.90 Å². The average molecular weight is 315 g/mol. The Hall–Kier alpha value is -2.05. The monoisotopic (exact) mass is 315 g/mol. The largest absolute Gasteiger partial charge is 0.464 e. The van der Waals surface area contributed by atoms with Crippen LogP contribution in [0.15, 0.2) is 24.3 Å². The third-order valence-corrected chi connectivity index (χ3v) is 3.51. The summed E-state index contributed by atoms with van der Waals surface area (Å²) in [6.45, 7) is 2.19. The van der Waals surface area contributed by atoms with E-state index in [2.05, 4.69) is 0 Å². The number of esters is 1. The molecule has 0 aliphatic carbocycles. The summed E-state index contributed by atoms with van der Waals surface area (Å²) < 4.78 is 43.1. The van der Waals surface area contributed by atoms with E-state index in [1.54, 1.807) is 6.92 Å². The van der Waals surface area contributed by atoms with Crippen molar-refractivity contribution in [2.45, 2.75) is 32.0 Å². The minimum atomic E-state index is -4.51. The molecule has 0 spiro atoms. The Morgan fingerprint density at radius 2 is 2.09 bits per heavy atom. The SMILES string of the molecule is CCOC(=O)C1CCCN1C(=O)c1cccc(C(F)(F)F)c1. The van der Waals surface area contributed by atoms with Crippen LogP contribution in [-0.4, -0.2) is 36.0 Å². The van der Waals surface area contributed by atoms with Crippen molar-refractivity contribution in [3.8, 4) is 0 Å². The van der Waals surface area contributed by atoms with E-state index in [0.717, 1.165) is 12.1 Å². The molecule has 1 aromatic rings. The normalized spacial score (nSPS) is 18.4. The van der Waals surface area contributed by atoms with Crippen molar-refractivity contribution in [3.05, 3.63) is 35.4 Å². The number of ether oxygens (including phenoxy) is 1. The number of hydrogen-bond donors (Lipinski definition) is 0. The van der Waals surface area contributed by atoms with Gasteiger partial charge in [0.25, 0.3) is 5.91 Å². The van der Waals surface area contributed by atoms with Gasteiger partial charge in [0.15, 0.2) is 0 Å². The molecule has 1 amide bonds. The Morgan fingerprint density at radius 1 is 1.36 bits per heavy atom. The number of carbonyl (C=O) groups is 2. The summed E-state index contributed by atoms with van der Waals surface area (Å²) in [4.78, 5) is 25.5. The highest BCUT2D eigenvalue weighted by atomic mass is 19.4. The van der Waals surface area contributed by atoms with E-state index >= 15 is 0 Å². The van der Waals surface area contributed by atoms with Gasteiger partial charge >= 0.3 is 12.1 Å². The molecule has 120 valence electrons. The second-order valence-corrected chi connectivity index (χ2v) is 4.99. The quantitative estimate of drug-likeness (QED) is 0.806. The first-order valence-electron chi connectivity index (χ1n) is 6.99. The molecule has 22 heavy (non-hydrogen) atoms. The number of rotatable bonds is 3. The number of nitrogens with zero attached hydrogens (tertiary/aromatic N) is 1. The predicted octanol–water partition coefficient (Wildman–Crippen LogP) is 2.87. The maximum atomic E-state index is 12.7. The van der Waals surface area contributed by atoms with Crippen molar-refractivity contribution in [2.24, 2.45) is 0 Å². The molecule has 4 nitrogen and oxygen atoms in total. The molecule has 1 aromatic carbocycles. The molecule has 0 aromatic heterocycles. The van der Waals surface area contributed by atoms with Crippen LogP contribution in [0.5, 0.6) is 0 Å². The lowest BCUT2D eigenvalue weighted by atomic mass is 10.1. The molecular weight excluding hydrogens is 299 g/mol. The molecule has 1 heterocycles. The molecule has 0 saturated carbocycles. The summed E-state index contributed by atoms with van der Waals surface area (Å²) in [5.74, 6) is -1.10. The van der Waals surface area contributed by atoms with Gasteiger partial charge in [0, 0.05) is 12.1 Å². The van der Waals surface area contributed by atoms with Gasteiger partial charge in [0.2, 0.25) is 0 Å². The van der Waals surface area contributed by atoms with Gasteiger partial charge < -0.3 is 9.64 Å². The number of halogens is 3. The molecule has 0 N–H and O–H groups in total. The van der Waals surface area contributed by atoms with Crippen LogP contribution in [0.3, 0.4) is 0 Å². The van der Waals surface area contributed by atoms with Crippen LogP contribution in [0.25, 0.3) is 0 Å². The lowest BCUT2D eigenvalue weighted by Gasteiger charge is -2.23. The zero-order chi connectivity index (χ0) is 16.3. The van der Waals surface area contributed by atoms with Crippen LogP contribution in [0, 0.1) is 0 Å². The van der Waals surface area contributed by atoms with Crippen LogP contribution in [0.2, 0.25) is 0 Å². The molecule has 0 radical (unpaired) electrons. The molecular formula is C15H16F3NO3. The van der Waals surface area contributed by atoms with E-state index < -0.39 is 29.7 Å². The van der Waals surface area contributed by atoms with Gasteiger partial charge in [-0.05, 0) is 38.0 Å². The van der Waals surface area contributed by atoms with E-state index in [-0.39, 0.29) is 12.2 Å². The standard InChI is InChI=1S/C15H16F3NO3/c1-2-22-14(21)12-7-4-8-19(12)13(20)10-5-3-6-11(9-10)15(16,17)18/h3,5-6,9,12H,2,4,7-8H2,1H3. The fraction of sp³-hybridized carbons (Fsp3) is 0.467. The highest BCUT2D eigenvalue weighted by molar-refractivity contribution is 5.97. The molecule has 0 bridgehead atoms. The molecule has 1 saturated heterocycles. The summed E-state index contributed by atoms with van der Waals surface area (Å²) in [6.07, 6.45) is -3.43. The molecule has 7 heteroatoms. The van der Waals surface area contributed by atoms with E-state index in [0.29, 0.717) is 19.4 Å². The van der Waals surface area contributed by atoms with E-state index in [9.17, 15) is 22.8 Å². The summed E-state index contributed by atoms with van der Waals surface area (Å²) in [5.41, 5.74) is -0.962. The van der Waals surface area contributed by atoms with Crippen LogP contribution in [0.1, 0.15) is 35.7 Å². The number of benzene rings is 1. The molecule has 1 aliphatic rings. The van der Waals surface area contributed by atoms with Gasteiger partial charge in [-0.2, -0.15) is 13.2 Å². The lowest BCUT2D eigenvalue weighted by molar-refractivity contribution is -0.147. The molecule has 1 aliphatic heterocycles. The van der Waals surface area contributed by atoms with Crippen LogP contribution < -0.4 is 0 Å². The van der Waals surface area contributed by atoms with E-state index in [1.807, 2.05) is 0 Å². The van der Waals surface area contributed by atoms with Gasteiger partial charge in [0.05, 0.1) is 12.2 Å². The zero-order valence-corrected chi connectivity index (χ0v) is 12.0. The van der Waals surface area contributed by atoms with Gasteiger partial charge in [-0.15, -0.1) is 0 Å². The van der Waals surface area contributed by atoms with Gasteiger partial charge in [-0.3, -0.25) is 4.79 Å². The lowest BCUT2D eigenvalue weighted by Crippen LogP contribution is -2.41. The Bertz CT molecular complexity index is 571. The Labute approximate surface area is 125 Å². The summed E-state index contributed by atoms with van der Waals surface area (Å²) in [7, 11) is 0. The van der Waals surface area contributed by atoms with Crippen LogP contribution in [0.4, 0.5) is 13.2 Å². The van der Waals surface area contributed by atoms with Gasteiger partial charge in [-0.25, -0.2) is 4.79 Å². The second-order valence-electron chi connectivity index (χ2n) is 4.99. The minimum absolute atomic E-state index is 0.0778. The van der Waals surface area contributed by atoms with Crippen LogP contribution >= 0.6 is 0 Å². The smallest absolute Gasteiger partial charge is 0.416 e. The predicted molar refractivity (Wildman–Crippen MR) is 72.1 cm³/mol. The number of carbonyl (C=O) groups excluding carboxylic acids is 2. The number of amides is 1. The van der Waals surface area contributed by atoms with Crippen LogP contribution in [-0.2, 0) is 15.7 Å². The first kappa shape index (κ1) is 16.3. The highest BCUT2D eigenvalue weighted by Gasteiger charge is 2.36. The third kappa shape index (κ3) is 3.40. The van der Waals surface area contributed by atoms with Crippen molar-refractivity contribution >= 4 is 11.9 Å². The first-order chi connectivity index (χ1) is 10.3. The van der Waals surface area contributed by atoms with E-state index in [4.69, 9.17) is 4.74 Å². The third-order valence-electron chi connectivity index (χ3n) is 3.51. The molecule has 1 atom stereocenters. The Kier molecular flexibility index (Phi) is 4.73. The van der Waals surface area contributed by atoms with Gasteiger partial charge in [0.1, 0.15) is 6.04 Å². The Morgan fingerprint density at radius 3 is 2.73 bits per heavy atom. The average Bonchev–Trinajstić information content (AvgIpc) is 2.95. The fourth-order valence-corrected chi connectivity index (χ4v) is 2.49. The topological polar surface area (TPSA) is 46.6 Å². The number of likely N-dealkylation sites (tertiary alicyclic amines) is 1. The summed E-state index contributed by atoms with van der Waals surface area (Å²) >= 11 is 0. The minimum Gasteiger partial charge on any atom is -0.464 e. The summed E-state index contributed by atoms with van der Waals surface area (Å²) in [5, 5.41) is 0. The second kappa shape index (κ2) is 6.37. The highest BCUT2D eigenvalue weighted by Crippen LogP contribution is 2.30. The van der Waals surface area contributed by atoms with Crippen molar-refractivity contribution in [3.63, 3.8) is 0 Å². The number of alkyl halides is 3. The zero-order valence-electron chi connectivity index (χ0n) is 12.0. The fourth-order valence-electron chi connectivity index (χ4n) is 2.49. The van der Waals surface area contributed by atoms with Crippen molar-refractivity contribution in [1.29, 1.82) is 0 Å². The first-order valence-corrected chi connectivity index (χ1v) is 6.99. The Balaban J connectivity index is 2.22. The molecule has 2 rings (SSSR count). The van der Waals surface area contributed by atoms with Crippen molar-refractivity contribution in [2.75, 3.05) is 13.2 Å². The molecule has 1 fully saturated rings. The van der Waals surface area contributed by atoms with Crippen molar-refractivity contribution < 1.29 is 27.5 Å². The molecule has 1 unspecified atom stereocenters. The summed E-state index contributed by atoms with van der Waals surface area (Å²) in [6, 6.07) is 3.50. The maximum Gasteiger partial charge on any atom is 0.416 e. The maximum absolute atomic E-state index is 12.7. The van der Waals surface area contributed by atoms with E-state index in [1.165, 1.54) is 17.0 Å². The number of hydrogen-bond acceptors (Lipinski definition) is 3. The van der Waals surface area contributed by atoms with Gasteiger partial charge in [-0.1, -0.05) is 6.07 Å².